The minimum Gasteiger partial charge on any atom is -0.492 e. The van der Waals surface area contributed by atoms with Crippen molar-refractivity contribution in [2.75, 3.05) is 30.0 Å². The molecule has 0 bridgehead atoms. The molecule has 1 aliphatic rings. The quantitative estimate of drug-likeness (QED) is 0.819. The number of carbonyl (C=O) groups is 2. The number of hydrogen-bond donors (Lipinski definition) is 1. The second-order valence-corrected chi connectivity index (χ2v) is 7.81. The topological polar surface area (TPSA) is 77.1 Å². The van der Waals surface area contributed by atoms with Gasteiger partial charge in [-0.1, -0.05) is 12.1 Å². The lowest BCUT2D eigenvalue weighted by Gasteiger charge is -2.30. The van der Waals surface area contributed by atoms with E-state index in [1.807, 2.05) is 31.2 Å². The number of ether oxygens (including phenoxy) is 3. The molecule has 154 valence electrons. The molecule has 0 fully saturated rings. The number of fused-ring (bicyclic) bond motifs is 1. The fourth-order valence-corrected chi connectivity index (χ4v) is 2.91. The van der Waals surface area contributed by atoms with Crippen molar-refractivity contribution < 1.29 is 23.8 Å². The molecule has 0 saturated carbocycles. The van der Waals surface area contributed by atoms with Gasteiger partial charge in [-0.05, 0) is 63.6 Å². The number of hydrogen-bond acceptors (Lipinski definition) is 5. The lowest BCUT2D eigenvalue weighted by molar-refractivity contribution is -0.121. The van der Waals surface area contributed by atoms with Crippen molar-refractivity contribution in [3.63, 3.8) is 0 Å². The molecule has 1 aliphatic heterocycles. The van der Waals surface area contributed by atoms with Crippen LogP contribution in [-0.4, -0.2) is 37.4 Å². The fourth-order valence-electron chi connectivity index (χ4n) is 2.91. The van der Waals surface area contributed by atoms with Gasteiger partial charge in [0.05, 0.1) is 12.2 Å². The van der Waals surface area contributed by atoms with Crippen LogP contribution in [-0.2, 0) is 9.53 Å². The van der Waals surface area contributed by atoms with Gasteiger partial charge in [-0.15, -0.1) is 0 Å². The highest BCUT2D eigenvalue weighted by Crippen LogP contribution is 2.34. The molecule has 0 unspecified atom stereocenters. The van der Waals surface area contributed by atoms with Crippen molar-refractivity contribution in [1.82, 2.24) is 0 Å². The van der Waals surface area contributed by atoms with Crippen LogP contribution in [0, 0.1) is 6.92 Å². The van der Waals surface area contributed by atoms with Crippen LogP contribution in [0.15, 0.2) is 42.5 Å². The average molecular weight is 398 g/mol. The Labute approximate surface area is 170 Å². The van der Waals surface area contributed by atoms with Crippen LogP contribution >= 0.6 is 0 Å². The molecule has 1 N–H and O–H groups in total. The molecule has 7 nitrogen and oxygen atoms in total. The normalized spacial score (nSPS) is 13.4. The van der Waals surface area contributed by atoms with Gasteiger partial charge in [0.2, 0.25) is 0 Å². The summed E-state index contributed by atoms with van der Waals surface area (Å²) in [6, 6.07) is 12.9. The highest BCUT2D eigenvalue weighted by Gasteiger charge is 2.26. The second kappa shape index (κ2) is 8.43. The van der Waals surface area contributed by atoms with E-state index >= 15 is 0 Å². The maximum absolute atomic E-state index is 12.4. The number of amides is 2. The Morgan fingerprint density at radius 3 is 2.72 bits per heavy atom. The van der Waals surface area contributed by atoms with Crippen molar-refractivity contribution in [2.24, 2.45) is 0 Å². The van der Waals surface area contributed by atoms with Gasteiger partial charge in [0.25, 0.3) is 5.91 Å². The lowest BCUT2D eigenvalue weighted by atomic mass is 10.2. The first-order valence-corrected chi connectivity index (χ1v) is 9.48. The van der Waals surface area contributed by atoms with Gasteiger partial charge in [-0.25, -0.2) is 4.79 Å². The minimum atomic E-state index is -0.601. The van der Waals surface area contributed by atoms with Crippen LogP contribution in [0.5, 0.6) is 11.5 Å². The van der Waals surface area contributed by atoms with E-state index in [0.717, 1.165) is 11.3 Å². The van der Waals surface area contributed by atoms with Crippen LogP contribution < -0.4 is 19.7 Å². The standard InChI is InChI=1S/C22H26N2O5/c1-15-6-5-7-17(12-15)27-11-10-24-18-13-16(23-21(26)29-22(2,3)4)8-9-19(18)28-14-20(24)25/h5-9,12-13H,10-11,14H2,1-4H3,(H,23,26). The molecule has 0 aliphatic carbocycles. The Balaban J connectivity index is 1.70. The van der Waals surface area contributed by atoms with E-state index < -0.39 is 11.7 Å². The zero-order valence-electron chi connectivity index (χ0n) is 17.2. The van der Waals surface area contributed by atoms with E-state index in [4.69, 9.17) is 14.2 Å². The first-order valence-electron chi connectivity index (χ1n) is 9.48. The van der Waals surface area contributed by atoms with Crippen molar-refractivity contribution >= 4 is 23.4 Å². The van der Waals surface area contributed by atoms with Gasteiger partial charge < -0.3 is 19.1 Å². The second-order valence-electron chi connectivity index (χ2n) is 7.81. The summed E-state index contributed by atoms with van der Waals surface area (Å²) in [5, 5.41) is 2.69. The predicted molar refractivity (Wildman–Crippen MR) is 111 cm³/mol. The molecule has 0 saturated heterocycles. The largest absolute Gasteiger partial charge is 0.492 e. The van der Waals surface area contributed by atoms with Crippen molar-refractivity contribution in [1.29, 1.82) is 0 Å². The molecule has 1 heterocycles. The van der Waals surface area contributed by atoms with E-state index in [1.165, 1.54) is 0 Å². The number of benzene rings is 2. The van der Waals surface area contributed by atoms with E-state index in [9.17, 15) is 9.59 Å². The Morgan fingerprint density at radius 1 is 1.21 bits per heavy atom. The van der Waals surface area contributed by atoms with Crippen molar-refractivity contribution in [3.05, 3.63) is 48.0 Å². The Hall–Kier alpha value is -3.22. The van der Waals surface area contributed by atoms with Crippen LogP contribution in [0.1, 0.15) is 26.3 Å². The number of nitrogens with zero attached hydrogens (tertiary/aromatic N) is 1. The summed E-state index contributed by atoms with van der Waals surface area (Å²) < 4.78 is 16.6. The molecule has 0 aromatic heterocycles. The van der Waals surface area contributed by atoms with Gasteiger partial charge in [-0.2, -0.15) is 0 Å². The summed E-state index contributed by atoms with van der Waals surface area (Å²) >= 11 is 0. The maximum Gasteiger partial charge on any atom is 0.412 e. The summed E-state index contributed by atoms with van der Waals surface area (Å²) in [5.74, 6) is 1.17. The predicted octanol–water partition coefficient (Wildman–Crippen LogP) is 4.15. The lowest BCUT2D eigenvalue weighted by Crippen LogP contribution is -2.41. The smallest absolute Gasteiger partial charge is 0.412 e. The SMILES string of the molecule is Cc1cccc(OCCN2C(=O)COc3ccc(NC(=O)OC(C)(C)C)cc32)c1. The molecular weight excluding hydrogens is 372 g/mol. The number of nitrogens with one attached hydrogen (secondary N) is 1. The molecule has 3 rings (SSSR count). The molecule has 0 spiro atoms. The third kappa shape index (κ3) is 5.63. The number of aryl methyl sites for hydroxylation is 1. The van der Waals surface area contributed by atoms with E-state index in [-0.39, 0.29) is 12.5 Å². The number of anilines is 2. The monoisotopic (exact) mass is 398 g/mol. The zero-order chi connectivity index (χ0) is 21.0. The molecule has 7 heteroatoms. The summed E-state index contributed by atoms with van der Waals surface area (Å²) in [4.78, 5) is 26.0. The molecule has 29 heavy (non-hydrogen) atoms. The van der Waals surface area contributed by atoms with Gasteiger partial charge in [0, 0.05) is 5.69 Å². The summed E-state index contributed by atoms with van der Waals surface area (Å²) in [7, 11) is 0. The van der Waals surface area contributed by atoms with Gasteiger partial charge in [-0.3, -0.25) is 10.1 Å². The average Bonchev–Trinajstić information content (AvgIpc) is 2.62. The first-order chi connectivity index (χ1) is 13.7. The third-order valence-corrected chi connectivity index (χ3v) is 4.12. The molecule has 2 aromatic rings. The maximum atomic E-state index is 12.4. The van der Waals surface area contributed by atoms with E-state index in [2.05, 4.69) is 5.32 Å². The summed E-state index contributed by atoms with van der Waals surface area (Å²) in [6.07, 6.45) is -0.560. The highest BCUT2D eigenvalue weighted by molar-refractivity contribution is 5.99. The van der Waals surface area contributed by atoms with Gasteiger partial charge in [0.15, 0.2) is 6.61 Å². The molecule has 0 atom stereocenters. The third-order valence-electron chi connectivity index (χ3n) is 4.12. The molecule has 2 aromatic carbocycles. The number of carbonyl (C=O) groups excluding carboxylic acids is 2. The van der Waals surface area contributed by atoms with Crippen LogP contribution in [0.4, 0.5) is 16.2 Å². The van der Waals surface area contributed by atoms with Crippen LogP contribution in [0.3, 0.4) is 0 Å². The van der Waals surface area contributed by atoms with Gasteiger partial charge in [0.1, 0.15) is 23.7 Å². The number of rotatable bonds is 5. The highest BCUT2D eigenvalue weighted by atomic mass is 16.6. The Bertz CT molecular complexity index is 904. The Kier molecular flexibility index (Phi) is 5.96. The zero-order valence-corrected chi connectivity index (χ0v) is 17.2. The minimum absolute atomic E-state index is 0.0315. The fraction of sp³-hybridized carbons (Fsp3) is 0.364. The first kappa shape index (κ1) is 20.5. The Morgan fingerprint density at radius 2 is 2.00 bits per heavy atom. The van der Waals surface area contributed by atoms with E-state index in [0.29, 0.717) is 30.3 Å². The van der Waals surface area contributed by atoms with Crippen molar-refractivity contribution in [2.45, 2.75) is 33.3 Å². The molecule has 0 radical (unpaired) electrons. The molecular formula is C22H26N2O5. The molecule has 2 amide bonds. The van der Waals surface area contributed by atoms with E-state index in [1.54, 1.807) is 43.9 Å². The van der Waals surface area contributed by atoms with Crippen LogP contribution in [0.2, 0.25) is 0 Å². The summed E-state index contributed by atoms with van der Waals surface area (Å²) in [6.45, 7) is 8.03. The summed E-state index contributed by atoms with van der Waals surface area (Å²) in [5.41, 5.74) is 1.60. The van der Waals surface area contributed by atoms with Crippen LogP contribution in [0.25, 0.3) is 0 Å². The van der Waals surface area contributed by atoms with Crippen molar-refractivity contribution in [3.8, 4) is 11.5 Å². The van der Waals surface area contributed by atoms with Gasteiger partial charge >= 0.3 is 6.09 Å².